The number of rotatable bonds is 5. The second kappa shape index (κ2) is 7.30. The van der Waals surface area contributed by atoms with Gasteiger partial charge in [0.25, 0.3) is 0 Å². The fourth-order valence-corrected chi connectivity index (χ4v) is 2.52. The van der Waals surface area contributed by atoms with Gasteiger partial charge in [-0.25, -0.2) is 9.37 Å². The Morgan fingerprint density at radius 3 is 2.48 bits per heavy atom. The molecule has 0 radical (unpaired) electrons. The van der Waals surface area contributed by atoms with E-state index in [1.54, 1.807) is 12.1 Å². The van der Waals surface area contributed by atoms with Crippen molar-refractivity contribution in [2.24, 2.45) is 0 Å². The summed E-state index contributed by atoms with van der Waals surface area (Å²) < 4.78 is 13.0. The molecule has 0 spiro atoms. The lowest BCUT2D eigenvalue weighted by Gasteiger charge is -2.12. The molecule has 0 amide bonds. The van der Waals surface area contributed by atoms with Crippen molar-refractivity contribution in [3.8, 4) is 0 Å². The maximum absolute atomic E-state index is 13.0. The van der Waals surface area contributed by atoms with Gasteiger partial charge in [-0.2, -0.15) is 4.98 Å². The second-order valence-corrected chi connectivity index (χ2v) is 6.07. The first kappa shape index (κ1) is 16.9. The highest BCUT2D eigenvalue weighted by Crippen LogP contribution is 2.22. The van der Waals surface area contributed by atoms with Crippen LogP contribution in [-0.4, -0.2) is 9.97 Å². The molecule has 0 fully saturated rings. The largest absolute Gasteiger partial charge is 0.366 e. The molecular formula is C20H21FN4. The van der Waals surface area contributed by atoms with Gasteiger partial charge in [0.2, 0.25) is 5.95 Å². The zero-order valence-electron chi connectivity index (χ0n) is 14.6. The number of benzene rings is 2. The Balaban J connectivity index is 1.76. The molecule has 3 aromatic rings. The van der Waals surface area contributed by atoms with Crippen LogP contribution in [0.2, 0.25) is 0 Å². The van der Waals surface area contributed by atoms with Gasteiger partial charge in [0, 0.05) is 24.0 Å². The van der Waals surface area contributed by atoms with Crippen molar-refractivity contribution < 1.29 is 4.39 Å². The zero-order valence-corrected chi connectivity index (χ0v) is 14.6. The molecule has 0 saturated carbocycles. The van der Waals surface area contributed by atoms with Gasteiger partial charge in [0.1, 0.15) is 11.6 Å². The molecule has 0 saturated heterocycles. The Hall–Kier alpha value is -2.95. The van der Waals surface area contributed by atoms with Gasteiger partial charge < -0.3 is 10.6 Å². The number of hydrogen-bond acceptors (Lipinski definition) is 4. The van der Waals surface area contributed by atoms with Gasteiger partial charge in [-0.15, -0.1) is 0 Å². The van der Waals surface area contributed by atoms with E-state index in [0.717, 1.165) is 22.8 Å². The highest BCUT2D eigenvalue weighted by molar-refractivity contribution is 5.61. The predicted octanol–water partition coefficient (Wildman–Crippen LogP) is 4.90. The average Bonchev–Trinajstić information content (AvgIpc) is 2.58. The van der Waals surface area contributed by atoms with Crippen molar-refractivity contribution in [2.45, 2.75) is 27.3 Å². The molecule has 1 aromatic heterocycles. The summed E-state index contributed by atoms with van der Waals surface area (Å²) in [5, 5.41) is 6.55. The molecule has 2 N–H and O–H groups in total. The Labute approximate surface area is 147 Å². The monoisotopic (exact) mass is 336 g/mol. The van der Waals surface area contributed by atoms with Crippen LogP contribution < -0.4 is 10.6 Å². The van der Waals surface area contributed by atoms with Crippen molar-refractivity contribution in [1.29, 1.82) is 0 Å². The van der Waals surface area contributed by atoms with Crippen molar-refractivity contribution in [3.63, 3.8) is 0 Å². The number of halogens is 1. The molecule has 25 heavy (non-hydrogen) atoms. The van der Waals surface area contributed by atoms with Gasteiger partial charge in [0.05, 0.1) is 0 Å². The first-order chi connectivity index (χ1) is 12.0. The molecule has 0 unspecified atom stereocenters. The van der Waals surface area contributed by atoms with Gasteiger partial charge >= 0.3 is 0 Å². The molecule has 3 rings (SSSR count). The highest BCUT2D eigenvalue weighted by Gasteiger charge is 2.06. The van der Waals surface area contributed by atoms with E-state index < -0.39 is 0 Å². The number of aromatic nitrogens is 2. The van der Waals surface area contributed by atoms with Crippen LogP contribution in [0.1, 0.15) is 22.4 Å². The standard InChI is InChI=1S/C20H21FN4/c1-13-5-4-6-18(15(13)3)24-20-23-14(2)11-19(25-20)22-12-16-7-9-17(21)10-8-16/h4-11H,12H2,1-3H3,(H2,22,23,24,25). The van der Waals surface area contributed by atoms with Crippen molar-refractivity contribution in [2.75, 3.05) is 10.6 Å². The molecule has 1 heterocycles. The van der Waals surface area contributed by atoms with Gasteiger partial charge in [-0.1, -0.05) is 24.3 Å². The molecule has 0 aliphatic rings. The van der Waals surface area contributed by atoms with Gasteiger partial charge in [0.15, 0.2) is 0 Å². The topological polar surface area (TPSA) is 49.8 Å². The highest BCUT2D eigenvalue weighted by atomic mass is 19.1. The Morgan fingerprint density at radius 1 is 0.960 bits per heavy atom. The minimum atomic E-state index is -0.235. The number of nitrogens with zero attached hydrogens (tertiary/aromatic N) is 2. The lowest BCUT2D eigenvalue weighted by atomic mass is 10.1. The van der Waals surface area contributed by atoms with Crippen LogP contribution in [0.25, 0.3) is 0 Å². The van der Waals surface area contributed by atoms with E-state index in [1.807, 2.05) is 25.1 Å². The molecule has 4 nitrogen and oxygen atoms in total. The first-order valence-electron chi connectivity index (χ1n) is 8.18. The fourth-order valence-electron chi connectivity index (χ4n) is 2.52. The van der Waals surface area contributed by atoms with Crippen molar-refractivity contribution >= 4 is 17.5 Å². The molecule has 0 bridgehead atoms. The molecule has 0 aliphatic heterocycles. The SMILES string of the molecule is Cc1cc(NCc2ccc(F)cc2)nc(Nc2cccc(C)c2C)n1. The van der Waals surface area contributed by atoms with E-state index in [-0.39, 0.29) is 5.82 Å². The van der Waals surface area contributed by atoms with E-state index >= 15 is 0 Å². The summed E-state index contributed by atoms with van der Waals surface area (Å²) in [6, 6.07) is 14.4. The first-order valence-corrected chi connectivity index (χ1v) is 8.18. The maximum Gasteiger partial charge on any atom is 0.229 e. The molecule has 2 aromatic carbocycles. The summed E-state index contributed by atoms with van der Waals surface area (Å²) in [5.74, 6) is 1.04. The second-order valence-electron chi connectivity index (χ2n) is 6.07. The van der Waals surface area contributed by atoms with Crippen LogP contribution in [0, 0.1) is 26.6 Å². The molecule has 0 atom stereocenters. The average molecular weight is 336 g/mol. The summed E-state index contributed by atoms with van der Waals surface area (Å²) in [4.78, 5) is 8.98. The third-order valence-corrected chi connectivity index (χ3v) is 4.09. The predicted molar refractivity (Wildman–Crippen MR) is 99.7 cm³/mol. The molecule has 0 aliphatic carbocycles. The van der Waals surface area contributed by atoms with Crippen LogP contribution in [0.3, 0.4) is 0 Å². The lowest BCUT2D eigenvalue weighted by Crippen LogP contribution is -2.06. The number of aryl methyl sites for hydroxylation is 2. The Kier molecular flexibility index (Phi) is 4.93. The number of nitrogens with one attached hydrogen (secondary N) is 2. The quantitative estimate of drug-likeness (QED) is 0.696. The fraction of sp³-hybridized carbons (Fsp3) is 0.200. The maximum atomic E-state index is 13.0. The smallest absolute Gasteiger partial charge is 0.229 e. The summed E-state index contributed by atoms with van der Waals surface area (Å²) in [6.45, 7) is 6.65. The van der Waals surface area contributed by atoms with Gasteiger partial charge in [-0.05, 0) is 55.7 Å². The zero-order chi connectivity index (χ0) is 17.8. The number of hydrogen-bond donors (Lipinski definition) is 2. The third-order valence-electron chi connectivity index (χ3n) is 4.09. The summed E-state index contributed by atoms with van der Waals surface area (Å²) in [6.07, 6.45) is 0. The lowest BCUT2D eigenvalue weighted by molar-refractivity contribution is 0.627. The van der Waals surface area contributed by atoms with Crippen LogP contribution in [0.15, 0.2) is 48.5 Å². The minimum Gasteiger partial charge on any atom is -0.366 e. The van der Waals surface area contributed by atoms with Crippen molar-refractivity contribution in [1.82, 2.24) is 9.97 Å². The normalized spacial score (nSPS) is 10.6. The summed E-state index contributed by atoms with van der Waals surface area (Å²) in [7, 11) is 0. The van der Waals surface area contributed by atoms with E-state index in [2.05, 4.69) is 40.5 Å². The van der Waals surface area contributed by atoms with E-state index in [9.17, 15) is 4.39 Å². The minimum absolute atomic E-state index is 0.235. The van der Waals surface area contributed by atoms with Crippen LogP contribution in [0.4, 0.5) is 21.8 Å². The molecular weight excluding hydrogens is 315 g/mol. The van der Waals surface area contributed by atoms with E-state index in [4.69, 9.17) is 0 Å². The molecule has 128 valence electrons. The van der Waals surface area contributed by atoms with Gasteiger partial charge in [-0.3, -0.25) is 0 Å². The summed E-state index contributed by atoms with van der Waals surface area (Å²) in [5.41, 5.74) is 5.24. The summed E-state index contributed by atoms with van der Waals surface area (Å²) >= 11 is 0. The molecule has 5 heteroatoms. The van der Waals surface area contributed by atoms with E-state index in [1.165, 1.54) is 23.3 Å². The van der Waals surface area contributed by atoms with E-state index in [0.29, 0.717) is 12.5 Å². The van der Waals surface area contributed by atoms with Crippen LogP contribution >= 0.6 is 0 Å². The van der Waals surface area contributed by atoms with Crippen LogP contribution in [-0.2, 0) is 6.54 Å². The Bertz CT molecular complexity index is 875. The third kappa shape index (κ3) is 4.32. The van der Waals surface area contributed by atoms with Crippen LogP contribution in [0.5, 0.6) is 0 Å². The number of anilines is 3. The van der Waals surface area contributed by atoms with Crippen molar-refractivity contribution in [3.05, 3.63) is 76.7 Å². The Morgan fingerprint density at radius 2 is 1.72 bits per heavy atom.